The standard InChI is InChI=1S/C17H16N4OS2/c1-11(13-7-9-18-10-8-13)20-21-16(22)12(2)23-17-19-14-5-3-4-6-15(14)24-17/h3-10,12H,1-2H3,(H,21,22)/b20-11+. The van der Waals surface area contributed by atoms with Crippen molar-refractivity contribution < 1.29 is 4.79 Å². The lowest BCUT2D eigenvalue weighted by atomic mass is 10.2. The maximum absolute atomic E-state index is 12.2. The van der Waals surface area contributed by atoms with Gasteiger partial charge in [0.2, 0.25) is 0 Å². The first-order valence-corrected chi connectivity index (χ1v) is 9.10. The summed E-state index contributed by atoms with van der Waals surface area (Å²) in [5.41, 5.74) is 5.25. The van der Waals surface area contributed by atoms with Crippen LogP contribution < -0.4 is 5.43 Å². The van der Waals surface area contributed by atoms with Crippen molar-refractivity contribution in [2.45, 2.75) is 23.4 Å². The van der Waals surface area contributed by atoms with Crippen LogP contribution in [-0.4, -0.2) is 26.8 Å². The van der Waals surface area contributed by atoms with Crippen molar-refractivity contribution in [3.63, 3.8) is 0 Å². The van der Waals surface area contributed by atoms with Crippen LogP contribution in [0.3, 0.4) is 0 Å². The van der Waals surface area contributed by atoms with Gasteiger partial charge in [0.05, 0.1) is 21.2 Å². The van der Waals surface area contributed by atoms with Gasteiger partial charge in [-0.05, 0) is 38.1 Å². The highest BCUT2D eigenvalue weighted by molar-refractivity contribution is 8.02. The lowest BCUT2D eigenvalue weighted by Crippen LogP contribution is -2.27. The lowest BCUT2D eigenvalue weighted by Gasteiger charge is -2.08. The van der Waals surface area contributed by atoms with Gasteiger partial charge in [-0.3, -0.25) is 9.78 Å². The third-order valence-electron chi connectivity index (χ3n) is 3.35. The van der Waals surface area contributed by atoms with Gasteiger partial charge < -0.3 is 0 Å². The topological polar surface area (TPSA) is 67.2 Å². The summed E-state index contributed by atoms with van der Waals surface area (Å²) in [5.74, 6) is -0.146. The molecule has 0 aliphatic rings. The fourth-order valence-corrected chi connectivity index (χ4v) is 4.20. The van der Waals surface area contributed by atoms with Gasteiger partial charge >= 0.3 is 0 Å². The Bertz CT molecular complexity index is 843. The van der Waals surface area contributed by atoms with Gasteiger partial charge in [0.25, 0.3) is 5.91 Å². The third-order valence-corrected chi connectivity index (χ3v) is 5.58. The monoisotopic (exact) mass is 356 g/mol. The van der Waals surface area contributed by atoms with E-state index in [2.05, 4.69) is 20.5 Å². The van der Waals surface area contributed by atoms with Crippen LogP contribution in [-0.2, 0) is 4.79 Å². The van der Waals surface area contributed by atoms with Crippen molar-refractivity contribution in [2.24, 2.45) is 5.10 Å². The van der Waals surface area contributed by atoms with Crippen LogP contribution in [0, 0.1) is 0 Å². The number of nitrogens with one attached hydrogen (secondary N) is 1. The SMILES string of the molecule is C/C(=N\NC(=O)C(C)Sc1nc2ccccc2s1)c1ccncc1. The van der Waals surface area contributed by atoms with Crippen LogP contribution in [0.5, 0.6) is 0 Å². The van der Waals surface area contributed by atoms with Gasteiger partial charge in [0.15, 0.2) is 4.34 Å². The summed E-state index contributed by atoms with van der Waals surface area (Å²) in [5, 5.41) is 3.88. The van der Waals surface area contributed by atoms with E-state index in [0.717, 1.165) is 25.8 Å². The maximum atomic E-state index is 12.2. The zero-order valence-corrected chi connectivity index (χ0v) is 14.9. The van der Waals surface area contributed by atoms with Crippen molar-refractivity contribution in [1.29, 1.82) is 0 Å². The molecule has 1 amide bonds. The Morgan fingerprint density at radius 3 is 2.75 bits per heavy atom. The number of pyridine rings is 1. The number of amides is 1. The predicted molar refractivity (Wildman–Crippen MR) is 99.5 cm³/mol. The molecule has 3 aromatic rings. The van der Waals surface area contributed by atoms with Crippen LogP contribution in [0.1, 0.15) is 19.4 Å². The van der Waals surface area contributed by atoms with Crippen molar-refractivity contribution in [1.82, 2.24) is 15.4 Å². The predicted octanol–water partition coefficient (Wildman–Crippen LogP) is 3.71. The molecule has 1 unspecified atom stereocenters. The number of thiazole rings is 1. The Balaban J connectivity index is 1.62. The molecule has 0 saturated carbocycles. The summed E-state index contributed by atoms with van der Waals surface area (Å²) in [6, 6.07) is 11.7. The molecule has 0 saturated heterocycles. The zero-order valence-electron chi connectivity index (χ0n) is 13.3. The van der Waals surface area contributed by atoms with E-state index in [1.54, 1.807) is 23.7 Å². The first kappa shape index (κ1) is 16.6. The van der Waals surface area contributed by atoms with Gasteiger partial charge in [-0.1, -0.05) is 23.9 Å². The van der Waals surface area contributed by atoms with Crippen molar-refractivity contribution in [2.75, 3.05) is 0 Å². The molecule has 7 heteroatoms. The van der Waals surface area contributed by atoms with Crippen molar-refractivity contribution in [3.05, 3.63) is 54.4 Å². The largest absolute Gasteiger partial charge is 0.272 e. The Labute approximate surface area is 148 Å². The molecule has 2 aromatic heterocycles. The number of hydrogen-bond acceptors (Lipinski definition) is 6. The van der Waals surface area contributed by atoms with Gasteiger partial charge in [0.1, 0.15) is 0 Å². The summed E-state index contributed by atoms with van der Waals surface area (Å²) in [6.07, 6.45) is 3.39. The average Bonchev–Trinajstić information content (AvgIpc) is 3.02. The Morgan fingerprint density at radius 1 is 1.25 bits per heavy atom. The number of thioether (sulfide) groups is 1. The quantitative estimate of drug-likeness (QED) is 0.430. The summed E-state index contributed by atoms with van der Waals surface area (Å²) in [7, 11) is 0. The number of nitrogens with zero attached hydrogens (tertiary/aromatic N) is 3. The molecule has 24 heavy (non-hydrogen) atoms. The number of aromatic nitrogens is 2. The fraction of sp³-hybridized carbons (Fsp3) is 0.176. The minimum Gasteiger partial charge on any atom is -0.272 e. The molecular formula is C17H16N4OS2. The zero-order chi connectivity index (χ0) is 16.9. The molecule has 0 fully saturated rings. The van der Waals surface area contributed by atoms with Gasteiger partial charge in [-0.15, -0.1) is 11.3 Å². The molecule has 1 N–H and O–H groups in total. The number of rotatable bonds is 5. The summed E-state index contributed by atoms with van der Waals surface area (Å²) in [4.78, 5) is 20.7. The van der Waals surface area contributed by atoms with Crippen molar-refractivity contribution in [3.8, 4) is 0 Å². The third kappa shape index (κ3) is 3.98. The van der Waals surface area contributed by atoms with E-state index in [-0.39, 0.29) is 11.2 Å². The second-order valence-corrected chi connectivity index (χ2v) is 7.74. The highest BCUT2D eigenvalue weighted by Gasteiger charge is 2.16. The van der Waals surface area contributed by atoms with E-state index < -0.39 is 0 Å². The van der Waals surface area contributed by atoms with Gasteiger partial charge in [0, 0.05) is 18.0 Å². The Kier molecular flexibility index (Phi) is 5.22. The van der Waals surface area contributed by atoms with Crippen LogP contribution in [0.2, 0.25) is 0 Å². The fourth-order valence-electron chi connectivity index (χ4n) is 1.99. The van der Waals surface area contributed by atoms with E-state index in [9.17, 15) is 4.79 Å². The Morgan fingerprint density at radius 2 is 2.00 bits per heavy atom. The number of carbonyl (C=O) groups is 1. The molecule has 3 rings (SSSR count). The van der Waals surface area contributed by atoms with E-state index in [0.29, 0.717) is 0 Å². The van der Waals surface area contributed by atoms with E-state index in [4.69, 9.17) is 0 Å². The minimum atomic E-state index is -0.278. The number of para-hydroxylation sites is 1. The molecule has 0 spiro atoms. The molecule has 0 aliphatic heterocycles. The lowest BCUT2D eigenvalue weighted by molar-refractivity contribution is -0.120. The minimum absolute atomic E-state index is 0.146. The Hall–Kier alpha value is -2.25. The van der Waals surface area contributed by atoms with Gasteiger partial charge in [-0.2, -0.15) is 5.10 Å². The summed E-state index contributed by atoms with van der Waals surface area (Å²) < 4.78 is 2.01. The number of fused-ring (bicyclic) bond motifs is 1. The number of hydrogen-bond donors (Lipinski definition) is 1. The highest BCUT2D eigenvalue weighted by atomic mass is 32.2. The molecule has 122 valence electrons. The van der Waals surface area contributed by atoms with Gasteiger partial charge in [-0.25, -0.2) is 10.4 Å². The average molecular weight is 356 g/mol. The molecule has 0 radical (unpaired) electrons. The first-order chi connectivity index (χ1) is 11.6. The number of hydrazone groups is 1. The molecule has 0 aliphatic carbocycles. The van der Waals surface area contributed by atoms with E-state index in [1.807, 2.05) is 50.2 Å². The molecule has 5 nitrogen and oxygen atoms in total. The number of benzene rings is 1. The summed E-state index contributed by atoms with van der Waals surface area (Å²) >= 11 is 3.03. The second kappa shape index (κ2) is 7.55. The molecular weight excluding hydrogens is 340 g/mol. The second-order valence-electron chi connectivity index (χ2n) is 5.12. The molecule has 0 bridgehead atoms. The van der Waals surface area contributed by atoms with Crippen LogP contribution >= 0.6 is 23.1 Å². The van der Waals surface area contributed by atoms with Crippen LogP contribution in [0.15, 0.2) is 58.2 Å². The van der Waals surface area contributed by atoms with Crippen LogP contribution in [0.25, 0.3) is 10.2 Å². The molecule has 2 heterocycles. The van der Waals surface area contributed by atoms with E-state index in [1.165, 1.54) is 11.8 Å². The summed E-state index contributed by atoms with van der Waals surface area (Å²) in [6.45, 7) is 3.70. The molecule has 1 aromatic carbocycles. The number of carbonyl (C=O) groups excluding carboxylic acids is 1. The molecule has 1 atom stereocenters. The first-order valence-electron chi connectivity index (χ1n) is 7.40. The van der Waals surface area contributed by atoms with Crippen molar-refractivity contribution >= 4 is 44.9 Å². The normalized spacial score (nSPS) is 13.0. The maximum Gasteiger partial charge on any atom is 0.253 e. The highest BCUT2D eigenvalue weighted by Crippen LogP contribution is 2.31. The van der Waals surface area contributed by atoms with Crippen LogP contribution in [0.4, 0.5) is 0 Å². The van der Waals surface area contributed by atoms with E-state index >= 15 is 0 Å². The smallest absolute Gasteiger partial charge is 0.253 e.